The number of carboxylic acids is 1. The van der Waals surface area contributed by atoms with Crippen LogP contribution in [0.1, 0.15) is 31.2 Å². The molecule has 0 aliphatic heterocycles. The number of aromatic nitrogens is 2. The van der Waals surface area contributed by atoms with Crippen molar-refractivity contribution in [2.45, 2.75) is 33.6 Å². The van der Waals surface area contributed by atoms with Gasteiger partial charge in [0, 0.05) is 6.54 Å². The van der Waals surface area contributed by atoms with E-state index in [9.17, 15) is 4.79 Å². The minimum Gasteiger partial charge on any atom is -0.481 e. The lowest BCUT2D eigenvalue weighted by Gasteiger charge is -2.08. The van der Waals surface area contributed by atoms with Crippen molar-refractivity contribution >= 4 is 11.8 Å². The van der Waals surface area contributed by atoms with Crippen LogP contribution in [0.25, 0.3) is 0 Å². The molecule has 0 radical (unpaired) electrons. The van der Waals surface area contributed by atoms with Crippen molar-refractivity contribution in [3.63, 3.8) is 0 Å². The van der Waals surface area contributed by atoms with Crippen LogP contribution < -0.4 is 5.32 Å². The van der Waals surface area contributed by atoms with Crippen molar-refractivity contribution in [2.75, 3.05) is 11.9 Å². The summed E-state index contributed by atoms with van der Waals surface area (Å²) in [6, 6.07) is 0. The first kappa shape index (κ1) is 13.4. The van der Waals surface area contributed by atoms with E-state index < -0.39 is 5.97 Å². The number of rotatable bonds is 6. The Hall–Kier alpha value is -1.65. The van der Waals surface area contributed by atoms with E-state index in [2.05, 4.69) is 15.3 Å². The van der Waals surface area contributed by atoms with Crippen LogP contribution in [0.5, 0.6) is 0 Å². The highest BCUT2D eigenvalue weighted by molar-refractivity contribution is 5.69. The highest BCUT2D eigenvalue weighted by Crippen LogP contribution is 2.08. The molecule has 2 N–H and O–H groups in total. The Morgan fingerprint density at radius 3 is 2.76 bits per heavy atom. The fourth-order valence-corrected chi connectivity index (χ4v) is 1.38. The van der Waals surface area contributed by atoms with Gasteiger partial charge in [0.15, 0.2) is 0 Å². The number of carbonyl (C=O) groups is 1. The first-order valence-electron chi connectivity index (χ1n) is 5.77. The third-order valence-electron chi connectivity index (χ3n) is 2.73. The molecule has 1 rings (SSSR count). The van der Waals surface area contributed by atoms with Gasteiger partial charge in [0.05, 0.1) is 23.5 Å². The third kappa shape index (κ3) is 4.38. The molecular formula is C12H19N3O2. The Morgan fingerprint density at radius 1 is 1.47 bits per heavy atom. The molecule has 1 heterocycles. The zero-order valence-electron chi connectivity index (χ0n) is 10.5. The molecule has 0 fully saturated rings. The third-order valence-corrected chi connectivity index (χ3v) is 2.73. The summed E-state index contributed by atoms with van der Waals surface area (Å²) in [4.78, 5) is 19.1. The van der Waals surface area contributed by atoms with Crippen molar-refractivity contribution in [1.29, 1.82) is 0 Å². The molecule has 0 bridgehead atoms. The van der Waals surface area contributed by atoms with E-state index >= 15 is 0 Å². The zero-order chi connectivity index (χ0) is 12.8. The van der Waals surface area contributed by atoms with E-state index in [0.717, 1.165) is 30.2 Å². The summed E-state index contributed by atoms with van der Waals surface area (Å²) in [6.07, 6.45) is 3.17. The molecular weight excluding hydrogens is 218 g/mol. The van der Waals surface area contributed by atoms with E-state index in [-0.39, 0.29) is 5.92 Å². The standard InChI is InChI=1S/C12H19N3O2/c1-8(12(16)17)5-4-6-13-11-7-14-9(2)10(3)15-11/h7-8H,4-6H2,1-3H3,(H,13,15)(H,16,17). The van der Waals surface area contributed by atoms with Gasteiger partial charge in [-0.05, 0) is 26.7 Å². The number of nitrogens with one attached hydrogen (secondary N) is 1. The number of anilines is 1. The van der Waals surface area contributed by atoms with Gasteiger partial charge in [-0.15, -0.1) is 0 Å². The minimum atomic E-state index is -0.740. The predicted octanol–water partition coefficient (Wildman–Crippen LogP) is 2.01. The van der Waals surface area contributed by atoms with Crippen molar-refractivity contribution < 1.29 is 9.90 Å². The van der Waals surface area contributed by atoms with Crippen molar-refractivity contribution in [1.82, 2.24) is 9.97 Å². The van der Waals surface area contributed by atoms with E-state index in [1.807, 2.05) is 13.8 Å². The number of aryl methyl sites for hydroxylation is 2. The molecule has 0 aromatic carbocycles. The van der Waals surface area contributed by atoms with E-state index in [4.69, 9.17) is 5.11 Å². The molecule has 0 saturated carbocycles. The lowest BCUT2D eigenvalue weighted by Crippen LogP contribution is -2.12. The zero-order valence-corrected chi connectivity index (χ0v) is 10.5. The van der Waals surface area contributed by atoms with Gasteiger partial charge in [-0.1, -0.05) is 6.92 Å². The largest absolute Gasteiger partial charge is 0.481 e. The van der Waals surface area contributed by atoms with Crippen LogP contribution in [0.15, 0.2) is 6.20 Å². The molecule has 1 aromatic rings. The Morgan fingerprint density at radius 2 is 2.18 bits per heavy atom. The summed E-state index contributed by atoms with van der Waals surface area (Å²) in [5.74, 6) is -0.283. The van der Waals surface area contributed by atoms with Gasteiger partial charge in [0.2, 0.25) is 0 Å². The summed E-state index contributed by atoms with van der Waals surface area (Å²) in [5, 5.41) is 11.9. The number of hydrogen-bond donors (Lipinski definition) is 2. The first-order chi connectivity index (χ1) is 8.00. The van der Waals surface area contributed by atoms with Crippen molar-refractivity contribution in [3.8, 4) is 0 Å². The fourth-order valence-electron chi connectivity index (χ4n) is 1.38. The van der Waals surface area contributed by atoms with Gasteiger partial charge < -0.3 is 10.4 Å². The Kier molecular flexibility index (Phi) is 4.87. The van der Waals surface area contributed by atoms with Crippen molar-refractivity contribution in [3.05, 3.63) is 17.6 Å². The summed E-state index contributed by atoms with van der Waals surface area (Å²) >= 11 is 0. The van der Waals surface area contributed by atoms with Gasteiger partial charge >= 0.3 is 5.97 Å². The molecule has 5 heteroatoms. The van der Waals surface area contributed by atoms with Gasteiger partial charge in [-0.3, -0.25) is 9.78 Å². The van der Waals surface area contributed by atoms with Gasteiger partial charge in [0.25, 0.3) is 0 Å². The maximum absolute atomic E-state index is 10.6. The van der Waals surface area contributed by atoms with Crippen LogP contribution in [0.3, 0.4) is 0 Å². The molecule has 0 spiro atoms. The lowest BCUT2D eigenvalue weighted by molar-refractivity contribution is -0.141. The average molecular weight is 237 g/mol. The number of hydrogen-bond acceptors (Lipinski definition) is 4. The summed E-state index contributed by atoms with van der Waals surface area (Å²) in [5.41, 5.74) is 1.84. The lowest BCUT2D eigenvalue weighted by atomic mass is 10.1. The van der Waals surface area contributed by atoms with Crippen LogP contribution in [-0.2, 0) is 4.79 Å². The van der Waals surface area contributed by atoms with Crippen LogP contribution >= 0.6 is 0 Å². The topological polar surface area (TPSA) is 75.1 Å². The molecule has 1 aromatic heterocycles. The molecule has 1 unspecified atom stereocenters. The average Bonchev–Trinajstić information content (AvgIpc) is 2.28. The number of carboxylic acid groups (broad SMARTS) is 1. The van der Waals surface area contributed by atoms with Gasteiger partial charge in [-0.25, -0.2) is 4.98 Å². The predicted molar refractivity (Wildman–Crippen MR) is 66.0 cm³/mol. The second-order valence-electron chi connectivity index (χ2n) is 4.23. The van der Waals surface area contributed by atoms with Gasteiger partial charge in [0.1, 0.15) is 5.82 Å². The van der Waals surface area contributed by atoms with E-state index in [1.54, 1.807) is 13.1 Å². The van der Waals surface area contributed by atoms with Crippen LogP contribution in [0, 0.1) is 19.8 Å². The SMILES string of the molecule is Cc1ncc(NCCCC(C)C(=O)O)nc1C. The second kappa shape index (κ2) is 6.18. The Labute approximate surface area is 101 Å². The molecule has 0 aliphatic carbocycles. The Bertz CT molecular complexity index is 393. The monoisotopic (exact) mass is 237 g/mol. The fraction of sp³-hybridized carbons (Fsp3) is 0.583. The highest BCUT2D eigenvalue weighted by Gasteiger charge is 2.09. The summed E-state index contributed by atoms with van der Waals surface area (Å²) < 4.78 is 0. The molecule has 0 amide bonds. The summed E-state index contributed by atoms with van der Waals surface area (Å²) in [6.45, 7) is 6.27. The van der Waals surface area contributed by atoms with Crippen LogP contribution in [0.2, 0.25) is 0 Å². The normalized spacial score (nSPS) is 12.2. The van der Waals surface area contributed by atoms with E-state index in [0.29, 0.717) is 6.42 Å². The summed E-state index contributed by atoms with van der Waals surface area (Å²) in [7, 11) is 0. The van der Waals surface area contributed by atoms with Crippen molar-refractivity contribution in [2.24, 2.45) is 5.92 Å². The second-order valence-corrected chi connectivity index (χ2v) is 4.23. The number of nitrogens with zero attached hydrogens (tertiary/aromatic N) is 2. The molecule has 1 atom stereocenters. The maximum Gasteiger partial charge on any atom is 0.306 e. The van der Waals surface area contributed by atoms with Crippen LogP contribution in [0.4, 0.5) is 5.82 Å². The smallest absolute Gasteiger partial charge is 0.306 e. The highest BCUT2D eigenvalue weighted by atomic mass is 16.4. The number of aliphatic carboxylic acids is 1. The molecule has 94 valence electrons. The molecule has 17 heavy (non-hydrogen) atoms. The minimum absolute atomic E-state index is 0.289. The first-order valence-corrected chi connectivity index (χ1v) is 5.77. The Balaban J connectivity index is 2.31. The molecule has 0 aliphatic rings. The molecule has 5 nitrogen and oxygen atoms in total. The maximum atomic E-state index is 10.6. The quantitative estimate of drug-likeness (QED) is 0.740. The molecule has 0 saturated heterocycles. The van der Waals surface area contributed by atoms with Crippen LogP contribution in [-0.4, -0.2) is 27.6 Å². The van der Waals surface area contributed by atoms with Gasteiger partial charge in [-0.2, -0.15) is 0 Å². The van der Waals surface area contributed by atoms with E-state index in [1.165, 1.54) is 0 Å².